The quantitative estimate of drug-likeness (QED) is 0.637. The molecule has 0 atom stereocenters. The lowest BCUT2D eigenvalue weighted by Gasteiger charge is -2.35. The fourth-order valence-electron chi connectivity index (χ4n) is 3.83. The van der Waals surface area contributed by atoms with Crippen molar-refractivity contribution in [3.05, 3.63) is 35.4 Å². The van der Waals surface area contributed by atoms with E-state index in [0.717, 1.165) is 18.8 Å². The summed E-state index contributed by atoms with van der Waals surface area (Å²) in [6.45, 7) is 3.53. The molecule has 1 aliphatic heterocycles. The highest BCUT2D eigenvalue weighted by atomic mass is 32.1. The maximum Gasteiger partial charge on any atom is 0.0240 e. The Balaban J connectivity index is 1.68. The molecule has 0 amide bonds. The third kappa shape index (κ3) is 3.00. The van der Waals surface area contributed by atoms with E-state index >= 15 is 0 Å². The monoisotopic (exact) mass is 275 g/mol. The molecule has 0 spiro atoms. The average molecular weight is 275 g/mol. The molecule has 1 saturated carbocycles. The van der Waals surface area contributed by atoms with Crippen molar-refractivity contribution in [2.45, 2.75) is 51.6 Å². The Morgan fingerprint density at radius 1 is 0.947 bits per heavy atom. The zero-order valence-electron chi connectivity index (χ0n) is 11.8. The van der Waals surface area contributed by atoms with Gasteiger partial charge in [0.2, 0.25) is 0 Å². The molecule has 0 bridgehead atoms. The third-order valence-corrected chi connectivity index (χ3v) is 5.64. The molecule has 104 valence electrons. The van der Waals surface area contributed by atoms with Gasteiger partial charge in [-0.15, -0.1) is 0 Å². The summed E-state index contributed by atoms with van der Waals surface area (Å²) in [5.74, 6) is 1.06. The van der Waals surface area contributed by atoms with Gasteiger partial charge in [0.25, 0.3) is 0 Å². The van der Waals surface area contributed by atoms with Crippen LogP contribution in [0.3, 0.4) is 0 Å². The Labute approximate surface area is 122 Å². The van der Waals surface area contributed by atoms with Crippen LogP contribution < -0.4 is 0 Å². The molecule has 0 saturated heterocycles. The topological polar surface area (TPSA) is 3.24 Å². The number of hydrogen-bond donors (Lipinski definition) is 1. The van der Waals surface area contributed by atoms with E-state index in [1.807, 2.05) is 0 Å². The summed E-state index contributed by atoms with van der Waals surface area (Å²) < 4.78 is 0. The number of benzene rings is 1. The summed E-state index contributed by atoms with van der Waals surface area (Å²) in [6, 6.07) is 8.91. The van der Waals surface area contributed by atoms with Crippen molar-refractivity contribution in [3.8, 4) is 0 Å². The molecule has 2 aliphatic rings. The van der Waals surface area contributed by atoms with E-state index in [1.165, 1.54) is 56.2 Å². The molecule has 3 rings (SSSR count). The summed E-state index contributed by atoms with van der Waals surface area (Å²) in [4.78, 5) is 2.65. The molecule has 0 unspecified atom stereocenters. The molecule has 1 nitrogen and oxygen atoms in total. The highest BCUT2D eigenvalue weighted by Crippen LogP contribution is 2.38. The van der Waals surface area contributed by atoms with Crippen LogP contribution >= 0.6 is 12.6 Å². The van der Waals surface area contributed by atoms with Crippen LogP contribution in [0.25, 0.3) is 0 Å². The van der Waals surface area contributed by atoms with Gasteiger partial charge in [-0.2, -0.15) is 12.6 Å². The number of rotatable bonds is 3. The van der Waals surface area contributed by atoms with Crippen molar-refractivity contribution in [1.82, 2.24) is 4.90 Å². The highest BCUT2D eigenvalue weighted by molar-refractivity contribution is 7.80. The summed E-state index contributed by atoms with van der Waals surface area (Å²) in [5.41, 5.74) is 3.54. The molecule has 0 radical (unpaired) electrons. The minimum absolute atomic E-state index is 0.474. The Hall–Kier alpha value is -0.470. The fraction of sp³-hybridized carbons (Fsp3) is 0.647. The van der Waals surface area contributed by atoms with Gasteiger partial charge < -0.3 is 0 Å². The van der Waals surface area contributed by atoms with Gasteiger partial charge in [-0.3, -0.25) is 4.90 Å². The van der Waals surface area contributed by atoms with Gasteiger partial charge in [0, 0.05) is 19.6 Å². The van der Waals surface area contributed by atoms with Gasteiger partial charge in [-0.1, -0.05) is 49.9 Å². The number of nitrogens with zero attached hydrogens (tertiary/aromatic N) is 1. The van der Waals surface area contributed by atoms with E-state index in [2.05, 4.69) is 29.2 Å². The summed E-state index contributed by atoms with van der Waals surface area (Å²) in [6.07, 6.45) is 8.42. The van der Waals surface area contributed by atoms with Gasteiger partial charge in [-0.25, -0.2) is 0 Å². The van der Waals surface area contributed by atoms with Crippen molar-refractivity contribution in [3.63, 3.8) is 0 Å². The molecule has 19 heavy (non-hydrogen) atoms. The first-order chi connectivity index (χ1) is 9.31. The molecule has 1 fully saturated rings. The Bertz CT molecular complexity index is 396. The maximum atomic E-state index is 4.70. The normalized spacial score (nSPS) is 23.0. The minimum Gasteiger partial charge on any atom is -0.294 e. The zero-order chi connectivity index (χ0) is 13.1. The smallest absolute Gasteiger partial charge is 0.0240 e. The van der Waals surface area contributed by atoms with Crippen LogP contribution in [0.1, 0.15) is 49.7 Å². The van der Waals surface area contributed by atoms with Gasteiger partial charge in [0.15, 0.2) is 0 Å². The van der Waals surface area contributed by atoms with Crippen LogP contribution in [0, 0.1) is 5.41 Å². The molecule has 2 heteroatoms. The second-order valence-electron chi connectivity index (χ2n) is 6.49. The first kappa shape index (κ1) is 13.5. The SMILES string of the molecule is SCC1(CN2Cc3ccccc3C2)CCCCCC1. The van der Waals surface area contributed by atoms with E-state index in [9.17, 15) is 0 Å². The van der Waals surface area contributed by atoms with Gasteiger partial charge in [-0.05, 0) is 35.1 Å². The van der Waals surface area contributed by atoms with Crippen molar-refractivity contribution < 1.29 is 0 Å². The molecule has 0 aromatic heterocycles. The highest BCUT2D eigenvalue weighted by Gasteiger charge is 2.33. The fourth-order valence-corrected chi connectivity index (χ4v) is 4.25. The first-order valence-corrected chi connectivity index (χ1v) is 8.35. The zero-order valence-corrected chi connectivity index (χ0v) is 12.7. The van der Waals surface area contributed by atoms with Gasteiger partial charge >= 0.3 is 0 Å². The van der Waals surface area contributed by atoms with Crippen molar-refractivity contribution in [2.75, 3.05) is 12.3 Å². The number of hydrogen-bond acceptors (Lipinski definition) is 2. The molecule has 0 N–H and O–H groups in total. The maximum absolute atomic E-state index is 4.70. The standard InChI is InChI=1S/C17H25NS/c19-14-17(9-5-1-2-6-10-17)13-18-11-15-7-3-4-8-16(15)12-18/h3-4,7-8,19H,1-2,5-6,9-14H2. The number of thiol groups is 1. The van der Waals surface area contributed by atoms with Crippen LogP contribution in [-0.4, -0.2) is 17.2 Å². The Morgan fingerprint density at radius 2 is 1.53 bits per heavy atom. The predicted molar refractivity (Wildman–Crippen MR) is 84.5 cm³/mol. The van der Waals surface area contributed by atoms with Gasteiger partial charge in [0.1, 0.15) is 0 Å². The summed E-state index contributed by atoms with van der Waals surface area (Å²) in [7, 11) is 0. The molecule has 1 aromatic rings. The van der Waals surface area contributed by atoms with E-state index in [-0.39, 0.29) is 0 Å². The van der Waals surface area contributed by atoms with Gasteiger partial charge in [0.05, 0.1) is 0 Å². The van der Waals surface area contributed by atoms with E-state index in [0.29, 0.717) is 5.41 Å². The van der Waals surface area contributed by atoms with Crippen LogP contribution in [-0.2, 0) is 13.1 Å². The lowest BCUT2D eigenvalue weighted by molar-refractivity contribution is 0.150. The Kier molecular flexibility index (Phi) is 4.18. The largest absolute Gasteiger partial charge is 0.294 e. The third-order valence-electron chi connectivity index (χ3n) is 4.96. The summed E-state index contributed by atoms with van der Waals surface area (Å²) >= 11 is 4.70. The van der Waals surface area contributed by atoms with E-state index in [4.69, 9.17) is 12.6 Å². The van der Waals surface area contributed by atoms with Crippen molar-refractivity contribution in [2.24, 2.45) is 5.41 Å². The van der Waals surface area contributed by atoms with E-state index in [1.54, 1.807) is 0 Å². The molecule has 1 heterocycles. The van der Waals surface area contributed by atoms with Crippen LogP contribution in [0.2, 0.25) is 0 Å². The first-order valence-electron chi connectivity index (χ1n) is 7.71. The van der Waals surface area contributed by atoms with Crippen molar-refractivity contribution >= 4 is 12.6 Å². The van der Waals surface area contributed by atoms with Crippen LogP contribution in [0.15, 0.2) is 24.3 Å². The molecular formula is C17H25NS. The Morgan fingerprint density at radius 3 is 2.05 bits per heavy atom. The average Bonchev–Trinajstić information content (AvgIpc) is 2.69. The van der Waals surface area contributed by atoms with Crippen LogP contribution in [0.4, 0.5) is 0 Å². The lowest BCUT2D eigenvalue weighted by Crippen LogP contribution is -2.36. The van der Waals surface area contributed by atoms with E-state index < -0.39 is 0 Å². The molecule has 1 aromatic carbocycles. The minimum atomic E-state index is 0.474. The van der Waals surface area contributed by atoms with Crippen LogP contribution in [0.5, 0.6) is 0 Å². The second-order valence-corrected chi connectivity index (χ2v) is 6.80. The van der Waals surface area contributed by atoms with Crippen molar-refractivity contribution in [1.29, 1.82) is 0 Å². The predicted octanol–water partition coefficient (Wildman–Crippen LogP) is 4.27. The molecular weight excluding hydrogens is 250 g/mol. The lowest BCUT2D eigenvalue weighted by atomic mass is 9.81. The summed E-state index contributed by atoms with van der Waals surface area (Å²) in [5, 5.41) is 0. The number of fused-ring (bicyclic) bond motifs is 1. The second kappa shape index (κ2) is 5.88. The molecule has 1 aliphatic carbocycles.